The van der Waals surface area contributed by atoms with E-state index in [0.29, 0.717) is 5.56 Å². The van der Waals surface area contributed by atoms with Gasteiger partial charge in [0.1, 0.15) is 0 Å². The lowest BCUT2D eigenvalue weighted by Crippen LogP contribution is -2.44. The molecular formula is C15H17N3O3. The highest BCUT2D eigenvalue weighted by Crippen LogP contribution is 2.12. The number of carbonyl (C=O) groups excluding carboxylic acids is 1. The van der Waals surface area contributed by atoms with Gasteiger partial charge in [0.25, 0.3) is 5.91 Å². The molecule has 2 aromatic rings. The van der Waals surface area contributed by atoms with Crippen molar-refractivity contribution in [1.29, 1.82) is 0 Å². The van der Waals surface area contributed by atoms with Crippen LogP contribution in [0.15, 0.2) is 42.7 Å². The van der Waals surface area contributed by atoms with Crippen molar-refractivity contribution in [1.82, 2.24) is 15.1 Å². The molecule has 0 saturated carbocycles. The van der Waals surface area contributed by atoms with Crippen LogP contribution in [0.1, 0.15) is 30.6 Å². The second kappa shape index (κ2) is 5.78. The zero-order chi connectivity index (χ0) is 15.5. The molecule has 6 heteroatoms. The molecule has 0 saturated heterocycles. The molecule has 0 aliphatic rings. The fourth-order valence-corrected chi connectivity index (χ4v) is 1.96. The van der Waals surface area contributed by atoms with E-state index in [-0.39, 0.29) is 12.3 Å². The van der Waals surface area contributed by atoms with E-state index in [4.69, 9.17) is 5.11 Å². The number of para-hydroxylation sites is 1. The number of aliphatic carboxylic acids is 1. The second-order valence-corrected chi connectivity index (χ2v) is 5.42. The van der Waals surface area contributed by atoms with Crippen LogP contribution in [0.25, 0.3) is 5.69 Å². The van der Waals surface area contributed by atoms with E-state index in [1.165, 1.54) is 6.20 Å². The summed E-state index contributed by atoms with van der Waals surface area (Å²) < 4.78 is 1.60. The molecule has 0 unspecified atom stereocenters. The van der Waals surface area contributed by atoms with Crippen molar-refractivity contribution in [3.8, 4) is 5.69 Å². The predicted octanol–water partition coefficient (Wildman–Crippen LogP) is 1.86. The van der Waals surface area contributed by atoms with Gasteiger partial charge in [-0.15, -0.1) is 0 Å². The summed E-state index contributed by atoms with van der Waals surface area (Å²) in [5.41, 5.74) is 0.413. The number of rotatable bonds is 5. The molecule has 110 valence electrons. The Labute approximate surface area is 122 Å². The van der Waals surface area contributed by atoms with Crippen LogP contribution in [-0.2, 0) is 4.79 Å². The number of hydrogen-bond donors (Lipinski definition) is 2. The van der Waals surface area contributed by atoms with Crippen molar-refractivity contribution in [2.75, 3.05) is 0 Å². The third kappa shape index (κ3) is 3.92. The summed E-state index contributed by atoms with van der Waals surface area (Å²) in [5, 5.41) is 15.7. The molecule has 2 rings (SSSR count). The number of amides is 1. The number of nitrogens with zero attached hydrogens (tertiary/aromatic N) is 2. The molecule has 0 radical (unpaired) electrons. The van der Waals surface area contributed by atoms with Crippen LogP contribution in [0.4, 0.5) is 0 Å². The van der Waals surface area contributed by atoms with Crippen LogP contribution in [-0.4, -0.2) is 32.3 Å². The Morgan fingerprint density at radius 2 is 1.95 bits per heavy atom. The summed E-state index contributed by atoms with van der Waals surface area (Å²) in [6, 6.07) is 9.42. The minimum Gasteiger partial charge on any atom is -0.481 e. The summed E-state index contributed by atoms with van der Waals surface area (Å²) >= 11 is 0. The molecule has 0 spiro atoms. The zero-order valence-corrected chi connectivity index (χ0v) is 11.9. The maximum atomic E-state index is 12.1. The van der Waals surface area contributed by atoms with Crippen molar-refractivity contribution < 1.29 is 14.7 Å². The predicted molar refractivity (Wildman–Crippen MR) is 77.4 cm³/mol. The van der Waals surface area contributed by atoms with Crippen molar-refractivity contribution in [2.45, 2.75) is 25.8 Å². The van der Waals surface area contributed by atoms with Gasteiger partial charge in [0.2, 0.25) is 0 Å². The highest BCUT2D eigenvalue weighted by atomic mass is 16.4. The van der Waals surface area contributed by atoms with Crippen LogP contribution in [0, 0.1) is 0 Å². The number of carboxylic acids is 1. The largest absolute Gasteiger partial charge is 0.481 e. The molecule has 1 amide bonds. The number of carboxylic acid groups (broad SMARTS) is 1. The van der Waals surface area contributed by atoms with Crippen LogP contribution in [0.3, 0.4) is 0 Å². The highest BCUT2D eigenvalue weighted by molar-refractivity contribution is 5.94. The highest BCUT2D eigenvalue weighted by Gasteiger charge is 2.25. The van der Waals surface area contributed by atoms with Crippen LogP contribution < -0.4 is 5.32 Å². The molecule has 0 aliphatic carbocycles. The van der Waals surface area contributed by atoms with E-state index >= 15 is 0 Å². The van der Waals surface area contributed by atoms with Crippen molar-refractivity contribution in [3.05, 3.63) is 48.3 Å². The average molecular weight is 287 g/mol. The molecule has 1 aromatic heterocycles. The van der Waals surface area contributed by atoms with Crippen molar-refractivity contribution >= 4 is 11.9 Å². The number of benzene rings is 1. The normalized spacial score (nSPS) is 11.1. The van der Waals surface area contributed by atoms with Gasteiger partial charge in [-0.1, -0.05) is 18.2 Å². The lowest BCUT2D eigenvalue weighted by Gasteiger charge is -2.23. The average Bonchev–Trinajstić information content (AvgIpc) is 2.87. The third-order valence-corrected chi connectivity index (χ3v) is 2.91. The lowest BCUT2D eigenvalue weighted by molar-refractivity contribution is -0.138. The lowest BCUT2D eigenvalue weighted by atomic mass is 10.0. The minimum atomic E-state index is -0.958. The summed E-state index contributed by atoms with van der Waals surface area (Å²) in [4.78, 5) is 22.9. The Morgan fingerprint density at radius 3 is 2.57 bits per heavy atom. The zero-order valence-electron chi connectivity index (χ0n) is 11.9. The van der Waals surface area contributed by atoms with Gasteiger partial charge < -0.3 is 10.4 Å². The molecule has 6 nitrogen and oxygen atoms in total. The molecule has 1 aromatic carbocycles. The Morgan fingerprint density at radius 1 is 1.29 bits per heavy atom. The molecular weight excluding hydrogens is 270 g/mol. The van der Waals surface area contributed by atoms with Gasteiger partial charge in [0, 0.05) is 11.7 Å². The number of hydrogen-bond acceptors (Lipinski definition) is 3. The van der Waals surface area contributed by atoms with Gasteiger partial charge in [-0.2, -0.15) is 5.10 Å². The first-order chi connectivity index (χ1) is 9.87. The topological polar surface area (TPSA) is 84.2 Å². The fourth-order valence-electron chi connectivity index (χ4n) is 1.96. The van der Waals surface area contributed by atoms with E-state index < -0.39 is 11.5 Å². The molecule has 0 fully saturated rings. The van der Waals surface area contributed by atoms with Crippen molar-refractivity contribution in [2.24, 2.45) is 0 Å². The van der Waals surface area contributed by atoms with Gasteiger partial charge >= 0.3 is 5.97 Å². The van der Waals surface area contributed by atoms with Gasteiger partial charge in [-0.3, -0.25) is 9.59 Å². The quantitative estimate of drug-likeness (QED) is 0.879. The van der Waals surface area contributed by atoms with Gasteiger partial charge in [-0.05, 0) is 26.0 Å². The Bertz CT molecular complexity index is 647. The maximum absolute atomic E-state index is 12.1. The Balaban J connectivity index is 2.11. The maximum Gasteiger partial charge on any atom is 0.305 e. The minimum absolute atomic E-state index is 0.147. The molecule has 0 atom stereocenters. The Hall–Kier alpha value is -2.63. The first-order valence-corrected chi connectivity index (χ1v) is 6.52. The molecule has 21 heavy (non-hydrogen) atoms. The Kier molecular flexibility index (Phi) is 4.07. The standard InChI is InChI=1S/C15H17N3O3/c1-15(2,8-13(19)20)17-14(21)11-9-16-18(10-11)12-6-4-3-5-7-12/h3-7,9-10H,8H2,1-2H3,(H,17,21)(H,19,20). The second-order valence-electron chi connectivity index (χ2n) is 5.42. The molecule has 2 N–H and O–H groups in total. The van der Waals surface area contributed by atoms with E-state index in [0.717, 1.165) is 5.69 Å². The number of nitrogens with one attached hydrogen (secondary N) is 1. The van der Waals surface area contributed by atoms with E-state index in [1.54, 1.807) is 24.7 Å². The van der Waals surface area contributed by atoms with Crippen molar-refractivity contribution in [3.63, 3.8) is 0 Å². The van der Waals surface area contributed by atoms with Crippen LogP contribution in [0.5, 0.6) is 0 Å². The first-order valence-electron chi connectivity index (χ1n) is 6.52. The van der Waals surface area contributed by atoms with Gasteiger partial charge in [0.15, 0.2) is 0 Å². The van der Waals surface area contributed by atoms with Crippen LogP contribution >= 0.6 is 0 Å². The summed E-state index contributed by atoms with van der Waals surface area (Å²) in [6.07, 6.45) is 2.92. The monoisotopic (exact) mass is 287 g/mol. The van der Waals surface area contributed by atoms with E-state index in [1.807, 2.05) is 30.3 Å². The van der Waals surface area contributed by atoms with Gasteiger partial charge in [0.05, 0.1) is 23.9 Å². The summed E-state index contributed by atoms with van der Waals surface area (Å²) in [7, 11) is 0. The summed E-state index contributed by atoms with van der Waals surface area (Å²) in [5.74, 6) is -1.30. The SMILES string of the molecule is CC(C)(CC(=O)O)NC(=O)c1cnn(-c2ccccc2)c1. The first kappa shape index (κ1) is 14.8. The molecule has 0 bridgehead atoms. The van der Waals surface area contributed by atoms with E-state index in [9.17, 15) is 9.59 Å². The third-order valence-electron chi connectivity index (χ3n) is 2.91. The number of aromatic nitrogens is 2. The molecule has 0 aliphatic heterocycles. The van der Waals surface area contributed by atoms with Crippen LogP contribution in [0.2, 0.25) is 0 Å². The summed E-state index contributed by atoms with van der Waals surface area (Å²) in [6.45, 7) is 3.33. The van der Waals surface area contributed by atoms with E-state index in [2.05, 4.69) is 10.4 Å². The molecule has 1 heterocycles. The smallest absolute Gasteiger partial charge is 0.305 e. The number of carbonyl (C=O) groups is 2. The van der Waals surface area contributed by atoms with Gasteiger partial charge in [-0.25, -0.2) is 4.68 Å². The fraction of sp³-hybridized carbons (Fsp3) is 0.267.